The predicted octanol–water partition coefficient (Wildman–Crippen LogP) is 2.50. The lowest BCUT2D eigenvalue weighted by atomic mass is 10.1. The van der Waals surface area contributed by atoms with Gasteiger partial charge in [0.2, 0.25) is 5.89 Å². The van der Waals surface area contributed by atoms with Gasteiger partial charge in [-0.2, -0.15) is 0 Å². The molecule has 0 bridgehead atoms. The number of hydrogen-bond acceptors (Lipinski definition) is 8. The van der Waals surface area contributed by atoms with Crippen LogP contribution in [0.4, 0.5) is 6.01 Å². The Hall–Kier alpha value is -4.01. The van der Waals surface area contributed by atoms with Crippen LogP contribution in [0.25, 0.3) is 11.5 Å². The van der Waals surface area contributed by atoms with Gasteiger partial charge in [0, 0.05) is 11.1 Å². The predicted molar refractivity (Wildman–Crippen MR) is 101 cm³/mol. The van der Waals surface area contributed by atoms with Crippen molar-refractivity contribution in [3.63, 3.8) is 0 Å². The van der Waals surface area contributed by atoms with Crippen LogP contribution in [0.5, 0.6) is 5.75 Å². The molecule has 29 heavy (non-hydrogen) atoms. The molecule has 0 atom stereocenters. The molecule has 0 saturated carbocycles. The molecule has 0 fully saturated rings. The Balaban J connectivity index is 1.43. The lowest BCUT2D eigenvalue weighted by molar-refractivity contribution is -0.149. The van der Waals surface area contributed by atoms with E-state index in [4.69, 9.17) is 13.9 Å². The summed E-state index contributed by atoms with van der Waals surface area (Å²) in [6, 6.07) is 15.3. The van der Waals surface area contributed by atoms with Gasteiger partial charge in [0.15, 0.2) is 19.0 Å². The Morgan fingerprint density at radius 2 is 1.79 bits per heavy atom. The van der Waals surface area contributed by atoms with E-state index >= 15 is 0 Å². The molecule has 1 heterocycles. The molecule has 1 N–H and O–H groups in total. The highest BCUT2D eigenvalue weighted by Crippen LogP contribution is 2.19. The van der Waals surface area contributed by atoms with Crippen LogP contribution >= 0.6 is 0 Å². The van der Waals surface area contributed by atoms with Crippen molar-refractivity contribution < 1.29 is 28.3 Å². The standard InChI is InChI=1S/C20H17N3O6/c1-13(24)15-8-5-9-16(10-15)27-12-18(26)28-11-17(25)21-20-23-22-19(29-20)14-6-3-2-4-7-14/h2-10H,11-12H2,1H3,(H,21,23,25). The van der Waals surface area contributed by atoms with Gasteiger partial charge in [0.1, 0.15) is 5.75 Å². The monoisotopic (exact) mass is 395 g/mol. The van der Waals surface area contributed by atoms with Crippen molar-refractivity contribution >= 4 is 23.7 Å². The Labute approximate surface area is 165 Å². The minimum Gasteiger partial charge on any atom is -0.482 e. The fourth-order valence-electron chi connectivity index (χ4n) is 2.26. The maximum absolute atomic E-state index is 11.9. The molecule has 0 aliphatic rings. The number of rotatable bonds is 8. The van der Waals surface area contributed by atoms with E-state index in [-0.39, 0.29) is 17.7 Å². The van der Waals surface area contributed by atoms with E-state index in [9.17, 15) is 14.4 Å². The van der Waals surface area contributed by atoms with E-state index in [1.165, 1.54) is 13.0 Å². The molecule has 1 amide bonds. The van der Waals surface area contributed by atoms with Gasteiger partial charge in [-0.25, -0.2) is 4.79 Å². The molecule has 1 aromatic heterocycles. The molecule has 2 aromatic carbocycles. The first-order valence-electron chi connectivity index (χ1n) is 8.59. The highest BCUT2D eigenvalue weighted by Gasteiger charge is 2.13. The number of carbonyl (C=O) groups is 3. The Bertz CT molecular complexity index is 1020. The van der Waals surface area contributed by atoms with Crippen molar-refractivity contribution in [3.05, 3.63) is 60.2 Å². The molecule has 0 aliphatic carbocycles. The SMILES string of the molecule is CC(=O)c1cccc(OCC(=O)OCC(=O)Nc2nnc(-c3ccccc3)o2)c1. The largest absolute Gasteiger partial charge is 0.482 e. The number of carbonyl (C=O) groups excluding carboxylic acids is 3. The summed E-state index contributed by atoms with van der Waals surface area (Å²) in [5.41, 5.74) is 1.17. The highest BCUT2D eigenvalue weighted by atomic mass is 16.6. The number of ketones is 1. The molecular formula is C20H17N3O6. The van der Waals surface area contributed by atoms with Crippen LogP contribution in [0.15, 0.2) is 59.0 Å². The summed E-state index contributed by atoms with van der Waals surface area (Å²) in [5.74, 6) is -0.910. The van der Waals surface area contributed by atoms with Crippen LogP contribution in [-0.4, -0.2) is 41.1 Å². The minimum absolute atomic E-state index is 0.109. The van der Waals surface area contributed by atoms with E-state index in [1.807, 2.05) is 18.2 Å². The lowest BCUT2D eigenvalue weighted by Crippen LogP contribution is -2.23. The summed E-state index contributed by atoms with van der Waals surface area (Å²) < 4.78 is 15.4. The molecule has 0 spiro atoms. The zero-order valence-electron chi connectivity index (χ0n) is 15.5. The van der Waals surface area contributed by atoms with Gasteiger partial charge < -0.3 is 13.9 Å². The number of benzene rings is 2. The smallest absolute Gasteiger partial charge is 0.344 e. The second-order valence-corrected chi connectivity index (χ2v) is 5.86. The molecule has 3 rings (SSSR count). The minimum atomic E-state index is -0.746. The van der Waals surface area contributed by atoms with Crippen LogP contribution in [0.3, 0.4) is 0 Å². The van der Waals surface area contributed by atoms with Gasteiger partial charge in [-0.05, 0) is 31.2 Å². The number of anilines is 1. The first kappa shape index (κ1) is 19.7. The maximum atomic E-state index is 11.9. The maximum Gasteiger partial charge on any atom is 0.344 e. The number of Topliss-reactive ketones (excluding diaryl/α,β-unsaturated/α-hetero) is 1. The molecule has 0 aliphatic heterocycles. The summed E-state index contributed by atoms with van der Waals surface area (Å²) in [5, 5.41) is 9.90. The summed E-state index contributed by atoms with van der Waals surface area (Å²) in [6.07, 6.45) is 0. The second-order valence-electron chi connectivity index (χ2n) is 5.86. The van der Waals surface area contributed by atoms with Crippen molar-refractivity contribution in [1.82, 2.24) is 10.2 Å². The molecule has 9 heteroatoms. The van der Waals surface area contributed by atoms with E-state index in [1.54, 1.807) is 30.3 Å². The van der Waals surface area contributed by atoms with Crippen molar-refractivity contribution in [2.24, 2.45) is 0 Å². The van der Waals surface area contributed by atoms with E-state index in [2.05, 4.69) is 15.5 Å². The van der Waals surface area contributed by atoms with Gasteiger partial charge in [0.25, 0.3) is 5.91 Å². The van der Waals surface area contributed by atoms with Crippen LogP contribution < -0.4 is 10.1 Å². The Morgan fingerprint density at radius 1 is 1.00 bits per heavy atom. The lowest BCUT2D eigenvalue weighted by Gasteiger charge is -2.07. The Kier molecular flexibility index (Phi) is 6.31. The number of nitrogens with one attached hydrogen (secondary N) is 1. The zero-order chi connectivity index (χ0) is 20.6. The molecule has 148 valence electrons. The van der Waals surface area contributed by atoms with E-state index in [0.717, 1.165) is 0 Å². The summed E-state index contributed by atoms with van der Waals surface area (Å²) in [4.78, 5) is 34.9. The number of amides is 1. The van der Waals surface area contributed by atoms with Gasteiger partial charge in [-0.1, -0.05) is 35.4 Å². The molecule has 0 unspecified atom stereocenters. The second kappa shape index (κ2) is 9.27. The van der Waals surface area contributed by atoms with Crippen molar-refractivity contribution in [1.29, 1.82) is 0 Å². The van der Waals surface area contributed by atoms with Gasteiger partial charge in [0.05, 0.1) is 0 Å². The number of nitrogens with zero attached hydrogens (tertiary/aromatic N) is 2. The average molecular weight is 395 g/mol. The van der Waals surface area contributed by atoms with Crippen molar-refractivity contribution in [3.8, 4) is 17.2 Å². The number of ether oxygens (including phenoxy) is 2. The van der Waals surface area contributed by atoms with Crippen LogP contribution in [0, 0.1) is 0 Å². The van der Waals surface area contributed by atoms with E-state index < -0.39 is 25.1 Å². The molecule has 3 aromatic rings. The van der Waals surface area contributed by atoms with Gasteiger partial charge in [-0.3, -0.25) is 14.9 Å². The van der Waals surface area contributed by atoms with E-state index in [0.29, 0.717) is 16.9 Å². The fraction of sp³-hybridized carbons (Fsp3) is 0.150. The Morgan fingerprint density at radius 3 is 2.55 bits per heavy atom. The third-order valence-corrected chi connectivity index (χ3v) is 3.65. The number of aromatic nitrogens is 2. The molecule has 0 saturated heterocycles. The van der Waals surface area contributed by atoms with Gasteiger partial charge in [-0.15, -0.1) is 5.10 Å². The fourth-order valence-corrected chi connectivity index (χ4v) is 2.26. The third-order valence-electron chi connectivity index (χ3n) is 3.65. The topological polar surface area (TPSA) is 121 Å². The molecular weight excluding hydrogens is 378 g/mol. The molecule has 9 nitrogen and oxygen atoms in total. The first-order chi connectivity index (χ1) is 14.0. The summed E-state index contributed by atoms with van der Waals surface area (Å²) >= 11 is 0. The van der Waals surface area contributed by atoms with Crippen molar-refractivity contribution in [2.45, 2.75) is 6.92 Å². The quantitative estimate of drug-likeness (QED) is 0.456. The summed E-state index contributed by atoms with van der Waals surface area (Å²) in [7, 11) is 0. The normalized spacial score (nSPS) is 10.2. The highest BCUT2D eigenvalue weighted by molar-refractivity contribution is 5.94. The molecule has 0 radical (unpaired) electrons. The van der Waals surface area contributed by atoms with Crippen LogP contribution in [0.1, 0.15) is 17.3 Å². The van der Waals surface area contributed by atoms with Crippen LogP contribution in [0.2, 0.25) is 0 Å². The average Bonchev–Trinajstić information content (AvgIpc) is 3.20. The van der Waals surface area contributed by atoms with Crippen LogP contribution in [-0.2, 0) is 14.3 Å². The summed E-state index contributed by atoms with van der Waals surface area (Å²) in [6.45, 7) is 0.476. The first-order valence-corrected chi connectivity index (χ1v) is 8.59. The van der Waals surface area contributed by atoms with Crippen molar-refractivity contribution in [2.75, 3.05) is 18.5 Å². The third kappa shape index (κ3) is 5.73. The zero-order valence-corrected chi connectivity index (χ0v) is 15.5. The number of esters is 1. The number of hydrogen-bond donors (Lipinski definition) is 1. The van der Waals surface area contributed by atoms with Gasteiger partial charge >= 0.3 is 12.0 Å².